The summed E-state index contributed by atoms with van der Waals surface area (Å²) in [7, 11) is 0. The third kappa shape index (κ3) is 2.90. The number of carbonyl (C=O) groups is 2. The summed E-state index contributed by atoms with van der Waals surface area (Å²) in [6, 6.07) is 23.6. The highest BCUT2D eigenvalue weighted by atomic mass is 35.5. The largest absolute Gasteiger partial charge is 0.273 e. The van der Waals surface area contributed by atoms with Gasteiger partial charge in [-0.2, -0.15) is 0 Å². The Hall–Kier alpha value is -3.15. The number of nitrogens with zero attached hydrogens (tertiary/aromatic N) is 2. The van der Waals surface area contributed by atoms with E-state index >= 15 is 0 Å². The summed E-state index contributed by atoms with van der Waals surface area (Å²) < 4.78 is 0. The Balaban J connectivity index is 1.60. The van der Waals surface area contributed by atoms with Gasteiger partial charge in [-0.3, -0.25) is 14.4 Å². The molecule has 0 aliphatic carbocycles. The minimum absolute atomic E-state index is 0.280. The molecule has 30 heavy (non-hydrogen) atoms. The van der Waals surface area contributed by atoms with Crippen molar-refractivity contribution in [2.24, 2.45) is 5.92 Å². The van der Waals surface area contributed by atoms with E-state index in [-0.39, 0.29) is 11.8 Å². The van der Waals surface area contributed by atoms with E-state index in [0.717, 1.165) is 16.8 Å². The van der Waals surface area contributed by atoms with Gasteiger partial charge >= 0.3 is 0 Å². The summed E-state index contributed by atoms with van der Waals surface area (Å²) in [4.78, 5) is 34.1. The van der Waals surface area contributed by atoms with E-state index in [9.17, 15) is 9.59 Å². The number of hydroxylamine groups is 1. The molecular weight excluding hydrogens is 400 g/mol. The summed E-state index contributed by atoms with van der Waals surface area (Å²) in [5.41, 5.74) is 3.12. The van der Waals surface area contributed by atoms with E-state index in [4.69, 9.17) is 16.4 Å². The lowest BCUT2D eigenvalue weighted by Gasteiger charge is -2.29. The number of aryl methyl sites for hydroxylation is 1. The summed E-state index contributed by atoms with van der Waals surface area (Å²) in [5, 5.41) is 2.18. The first kappa shape index (κ1) is 18.9. The molecule has 2 aliphatic heterocycles. The van der Waals surface area contributed by atoms with Gasteiger partial charge in [0.15, 0.2) is 6.10 Å². The molecule has 0 aromatic heterocycles. The Morgan fingerprint density at radius 2 is 1.47 bits per heavy atom. The maximum Gasteiger partial charge on any atom is 0.266 e. The summed E-state index contributed by atoms with van der Waals surface area (Å²) in [5.74, 6) is -1.33. The molecule has 6 heteroatoms. The van der Waals surface area contributed by atoms with Crippen molar-refractivity contribution in [2.45, 2.75) is 19.1 Å². The van der Waals surface area contributed by atoms with Crippen LogP contribution < -0.4 is 9.96 Å². The van der Waals surface area contributed by atoms with Crippen LogP contribution in [0.25, 0.3) is 0 Å². The molecule has 0 radical (unpaired) electrons. The molecule has 3 aromatic carbocycles. The number of fused-ring (bicyclic) bond motifs is 1. The molecule has 2 amide bonds. The fraction of sp³-hybridized carbons (Fsp3) is 0.167. The molecule has 5 nitrogen and oxygen atoms in total. The molecule has 0 unspecified atom stereocenters. The van der Waals surface area contributed by atoms with Gasteiger partial charge in [-0.05, 0) is 42.8 Å². The number of rotatable bonds is 3. The maximum absolute atomic E-state index is 13.5. The van der Waals surface area contributed by atoms with Crippen LogP contribution in [0.2, 0.25) is 5.02 Å². The van der Waals surface area contributed by atoms with E-state index < -0.39 is 18.1 Å². The van der Waals surface area contributed by atoms with Crippen LogP contribution in [0.1, 0.15) is 17.2 Å². The smallest absolute Gasteiger partial charge is 0.266 e. The van der Waals surface area contributed by atoms with Crippen LogP contribution >= 0.6 is 11.6 Å². The molecule has 3 aromatic rings. The first-order valence-electron chi connectivity index (χ1n) is 9.76. The van der Waals surface area contributed by atoms with Crippen molar-refractivity contribution in [2.75, 3.05) is 9.96 Å². The minimum Gasteiger partial charge on any atom is -0.273 e. The van der Waals surface area contributed by atoms with Crippen LogP contribution in [-0.2, 0) is 14.4 Å². The van der Waals surface area contributed by atoms with E-state index in [2.05, 4.69) is 0 Å². The van der Waals surface area contributed by atoms with Crippen LogP contribution in [-0.4, -0.2) is 17.9 Å². The fourth-order valence-electron chi connectivity index (χ4n) is 4.19. The summed E-state index contributed by atoms with van der Waals surface area (Å²) in [6.07, 6.45) is -0.903. The van der Waals surface area contributed by atoms with Crippen molar-refractivity contribution in [1.82, 2.24) is 0 Å². The highest BCUT2D eigenvalue weighted by Gasteiger charge is 2.60. The highest BCUT2D eigenvalue weighted by Crippen LogP contribution is 2.48. The van der Waals surface area contributed by atoms with Gasteiger partial charge in [0.25, 0.3) is 5.91 Å². The molecule has 2 saturated heterocycles. The first-order valence-corrected chi connectivity index (χ1v) is 10.1. The van der Waals surface area contributed by atoms with Crippen LogP contribution in [0.15, 0.2) is 78.9 Å². The average molecular weight is 419 g/mol. The van der Waals surface area contributed by atoms with E-state index in [0.29, 0.717) is 10.7 Å². The number of anilines is 2. The Kier molecular flexibility index (Phi) is 4.57. The Bertz CT molecular complexity index is 1120. The molecule has 0 bridgehead atoms. The van der Waals surface area contributed by atoms with Crippen LogP contribution in [0.4, 0.5) is 11.4 Å². The van der Waals surface area contributed by atoms with Crippen LogP contribution in [0, 0.1) is 12.8 Å². The SMILES string of the molecule is Cc1ccc(N2C(=O)[C@H]3[C@@H](c4ccccc4Cl)N(c4ccccc4)O[C@H]3C2=O)cc1. The van der Waals surface area contributed by atoms with E-state index in [1.165, 1.54) is 4.90 Å². The molecule has 2 aliphatic rings. The molecule has 5 rings (SSSR count). The van der Waals surface area contributed by atoms with Gasteiger partial charge in [0.2, 0.25) is 5.91 Å². The number of para-hydroxylation sites is 1. The lowest BCUT2D eigenvalue weighted by molar-refractivity contribution is -0.126. The Morgan fingerprint density at radius 3 is 2.17 bits per heavy atom. The number of halogens is 1. The second kappa shape index (κ2) is 7.27. The van der Waals surface area contributed by atoms with E-state index in [1.807, 2.05) is 67.6 Å². The molecule has 2 heterocycles. The predicted octanol–water partition coefficient (Wildman–Crippen LogP) is 4.70. The quantitative estimate of drug-likeness (QED) is 0.578. The highest BCUT2D eigenvalue weighted by molar-refractivity contribution is 6.31. The molecule has 0 saturated carbocycles. The standard InChI is InChI=1S/C24H19ClN2O3/c1-15-11-13-16(14-12-15)26-23(28)20-21(18-9-5-6-10-19(18)25)27(30-22(20)24(26)29)17-7-3-2-4-8-17/h2-14,20-22H,1H3/t20-,21+,22+/m0/s1. The number of amides is 2. The zero-order valence-electron chi connectivity index (χ0n) is 16.2. The third-order valence-electron chi connectivity index (χ3n) is 5.64. The molecule has 150 valence electrons. The zero-order chi connectivity index (χ0) is 20.8. The van der Waals surface area contributed by atoms with Gasteiger partial charge in [0, 0.05) is 5.02 Å². The molecule has 0 spiro atoms. The lowest BCUT2D eigenvalue weighted by atomic mass is 9.90. The maximum atomic E-state index is 13.5. The Labute approximate surface area is 179 Å². The lowest BCUT2D eigenvalue weighted by Crippen LogP contribution is -2.37. The number of imide groups is 1. The molecule has 3 atom stereocenters. The number of hydrogen-bond acceptors (Lipinski definition) is 4. The van der Waals surface area contributed by atoms with Gasteiger partial charge < -0.3 is 0 Å². The molecule has 2 fully saturated rings. The summed E-state index contributed by atoms with van der Waals surface area (Å²) >= 11 is 6.51. The van der Waals surface area contributed by atoms with Gasteiger partial charge in [0.1, 0.15) is 5.92 Å². The van der Waals surface area contributed by atoms with Gasteiger partial charge in [-0.25, -0.2) is 9.96 Å². The monoisotopic (exact) mass is 418 g/mol. The minimum atomic E-state index is -0.903. The van der Waals surface area contributed by atoms with Crippen LogP contribution in [0.3, 0.4) is 0 Å². The van der Waals surface area contributed by atoms with Crippen molar-refractivity contribution in [3.63, 3.8) is 0 Å². The van der Waals surface area contributed by atoms with Crippen molar-refractivity contribution in [3.05, 3.63) is 95.0 Å². The first-order chi connectivity index (χ1) is 14.6. The van der Waals surface area contributed by atoms with E-state index in [1.54, 1.807) is 23.3 Å². The number of benzene rings is 3. The van der Waals surface area contributed by atoms with Crippen molar-refractivity contribution in [1.29, 1.82) is 0 Å². The third-order valence-corrected chi connectivity index (χ3v) is 5.99. The molecular formula is C24H19ClN2O3. The number of hydrogen-bond donors (Lipinski definition) is 0. The Morgan fingerprint density at radius 1 is 0.800 bits per heavy atom. The summed E-state index contributed by atoms with van der Waals surface area (Å²) in [6.45, 7) is 1.96. The zero-order valence-corrected chi connectivity index (χ0v) is 17.0. The normalized spacial score (nSPS) is 23.2. The van der Waals surface area contributed by atoms with Crippen molar-refractivity contribution >= 4 is 34.8 Å². The fourth-order valence-corrected chi connectivity index (χ4v) is 4.44. The van der Waals surface area contributed by atoms with Gasteiger partial charge in [-0.15, -0.1) is 0 Å². The predicted molar refractivity (Wildman–Crippen MR) is 115 cm³/mol. The average Bonchev–Trinajstić information content (AvgIpc) is 3.26. The van der Waals surface area contributed by atoms with Crippen LogP contribution in [0.5, 0.6) is 0 Å². The molecule has 0 N–H and O–H groups in total. The van der Waals surface area contributed by atoms with Gasteiger partial charge in [0.05, 0.1) is 17.4 Å². The second-order valence-electron chi connectivity index (χ2n) is 7.53. The number of carbonyl (C=O) groups excluding carboxylic acids is 2. The van der Waals surface area contributed by atoms with Crippen molar-refractivity contribution in [3.8, 4) is 0 Å². The second-order valence-corrected chi connectivity index (χ2v) is 7.93. The van der Waals surface area contributed by atoms with Crippen molar-refractivity contribution < 1.29 is 14.4 Å². The van der Waals surface area contributed by atoms with Gasteiger partial charge in [-0.1, -0.05) is 65.7 Å². The topological polar surface area (TPSA) is 49.9 Å².